The Kier molecular flexibility index (Phi) is 4.81. The van der Waals surface area contributed by atoms with Crippen LogP contribution in [0, 0.1) is 13.8 Å². The van der Waals surface area contributed by atoms with E-state index in [0.717, 1.165) is 22.3 Å². The summed E-state index contributed by atoms with van der Waals surface area (Å²) in [5, 5.41) is 0. The number of carbonyl (C=O) groups is 1. The van der Waals surface area contributed by atoms with Crippen molar-refractivity contribution in [2.75, 3.05) is 6.61 Å². The first-order chi connectivity index (χ1) is 7.58. The lowest BCUT2D eigenvalue weighted by Crippen LogP contribution is -2.10. The minimum atomic E-state index is -0.195. The molecule has 0 aromatic heterocycles. The molecule has 0 fully saturated rings. The molecule has 0 heterocycles. The summed E-state index contributed by atoms with van der Waals surface area (Å²) >= 11 is 5.90. The van der Waals surface area contributed by atoms with Crippen LogP contribution in [-0.2, 0) is 21.8 Å². The summed E-state index contributed by atoms with van der Waals surface area (Å²) in [6, 6.07) is 4.08. The highest BCUT2D eigenvalue weighted by molar-refractivity contribution is 6.17. The zero-order chi connectivity index (χ0) is 12.1. The standard InChI is InChI=1S/C13H17ClO2/c1-4-16-13(15)7-11-6-9(2)5-10(3)12(11)8-14/h5-6H,4,7-8H2,1-3H3. The predicted molar refractivity (Wildman–Crippen MR) is 65.8 cm³/mol. The van der Waals surface area contributed by atoms with Crippen molar-refractivity contribution in [3.63, 3.8) is 0 Å². The number of aryl methyl sites for hydroxylation is 2. The van der Waals surface area contributed by atoms with E-state index in [1.54, 1.807) is 0 Å². The van der Waals surface area contributed by atoms with E-state index < -0.39 is 0 Å². The van der Waals surface area contributed by atoms with E-state index in [-0.39, 0.29) is 5.97 Å². The van der Waals surface area contributed by atoms with E-state index >= 15 is 0 Å². The number of ether oxygens (including phenoxy) is 1. The van der Waals surface area contributed by atoms with Gasteiger partial charge in [0.1, 0.15) is 0 Å². The summed E-state index contributed by atoms with van der Waals surface area (Å²) < 4.78 is 4.94. The Morgan fingerprint density at radius 1 is 1.38 bits per heavy atom. The third-order valence-electron chi connectivity index (χ3n) is 2.48. The number of carbonyl (C=O) groups excluding carboxylic acids is 1. The second-order valence-corrected chi connectivity index (χ2v) is 4.10. The van der Waals surface area contributed by atoms with Crippen molar-refractivity contribution in [1.82, 2.24) is 0 Å². The van der Waals surface area contributed by atoms with Crippen LogP contribution in [0.5, 0.6) is 0 Å². The molecule has 16 heavy (non-hydrogen) atoms. The molecule has 0 saturated heterocycles. The highest BCUT2D eigenvalue weighted by atomic mass is 35.5. The fraction of sp³-hybridized carbons (Fsp3) is 0.462. The van der Waals surface area contributed by atoms with Crippen molar-refractivity contribution in [1.29, 1.82) is 0 Å². The molecule has 0 bridgehead atoms. The quantitative estimate of drug-likeness (QED) is 0.597. The van der Waals surface area contributed by atoms with Gasteiger partial charge in [-0.05, 0) is 37.5 Å². The summed E-state index contributed by atoms with van der Waals surface area (Å²) in [5.41, 5.74) is 4.30. The van der Waals surface area contributed by atoms with E-state index in [1.807, 2.05) is 26.8 Å². The molecule has 0 saturated carbocycles. The Morgan fingerprint density at radius 2 is 2.06 bits per heavy atom. The van der Waals surface area contributed by atoms with Crippen LogP contribution in [-0.4, -0.2) is 12.6 Å². The van der Waals surface area contributed by atoms with Crippen LogP contribution in [0.2, 0.25) is 0 Å². The molecule has 0 aliphatic rings. The summed E-state index contributed by atoms with van der Waals surface area (Å²) in [4.78, 5) is 11.4. The molecule has 1 aromatic carbocycles. The first kappa shape index (κ1) is 13.0. The Morgan fingerprint density at radius 3 is 2.62 bits per heavy atom. The average Bonchev–Trinajstić information content (AvgIpc) is 2.17. The van der Waals surface area contributed by atoms with Gasteiger partial charge in [0, 0.05) is 5.88 Å². The first-order valence-corrected chi connectivity index (χ1v) is 5.92. The van der Waals surface area contributed by atoms with E-state index in [0.29, 0.717) is 18.9 Å². The zero-order valence-corrected chi connectivity index (χ0v) is 10.7. The lowest BCUT2D eigenvalue weighted by Gasteiger charge is -2.11. The van der Waals surface area contributed by atoms with Crippen LogP contribution in [0.25, 0.3) is 0 Å². The fourth-order valence-corrected chi connectivity index (χ4v) is 2.18. The molecular weight excluding hydrogens is 224 g/mol. The molecule has 2 nitrogen and oxygen atoms in total. The maximum absolute atomic E-state index is 11.4. The van der Waals surface area contributed by atoms with Crippen molar-refractivity contribution in [3.8, 4) is 0 Å². The molecule has 0 radical (unpaired) electrons. The minimum Gasteiger partial charge on any atom is -0.466 e. The van der Waals surface area contributed by atoms with Gasteiger partial charge in [-0.2, -0.15) is 0 Å². The molecule has 1 rings (SSSR count). The van der Waals surface area contributed by atoms with Crippen molar-refractivity contribution in [2.24, 2.45) is 0 Å². The third kappa shape index (κ3) is 3.24. The largest absolute Gasteiger partial charge is 0.466 e. The number of hydrogen-bond acceptors (Lipinski definition) is 2. The van der Waals surface area contributed by atoms with Gasteiger partial charge in [0.05, 0.1) is 13.0 Å². The fourth-order valence-electron chi connectivity index (χ4n) is 1.80. The molecular formula is C13H17ClO2. The number of hydrogen-bond donors (Lipinski definition) is 0. The van der Waals surface area contributed by atoms with Crippen LogP contribution in [0.1, 0.15) is 29.2 Å². The zero-order valence-electron chi connectivity index (χ0n) is 9.97. The van der Waals surface area contributed by atoms with E-state index in [1.165, 1.54) is 0 Å². The van der Waals surface area contributed by atoms with Gasteiger partial charge in [-0.1, -0.05) is 17.7 Å². The Balaban J connectivity index is 2.97. The van der Waals surface area contributed by atoms with Gasteiger partial charge in [-0.15, -0.1) is 11.6 Å². The van der Waals surface area contributed by atoms with Gasteiger partial charge >= 0.3 is 5.97 Å². The van der Waals surface area contributed by atoms with Crippen LogP contribution in [0.15, 0.2) is 12.1 Å². The van der Waals surface area contributed by atoms with Crippen LogP contribution < -0.4 is 0 Å². The highest BCUT2D eigenvalue weighted by Crippen LogP contribution is 2.20. The van der Waals surface area contributed by atoms with Gasteiger partial charge in [0.15, 0.2) is 0 Å². The maximum Gasteiger partial charge on any atom is 0.310 e. The van der Waals surface area contributed by atoms with Gasteiger partial charge < -0.3 is 4.74 Å². The second kappa shape index (κ2) is 5.90. The van der Waals surface area contributed by atoms with Crippen molar-refractivity contribution >= 4 is 17.6 Å². The number of benzene rings is 1. The lowest BCUT2D eigenvalue weighted by molar-refractivity contribution is -0.142. The normalized spacial score (nSPS) is 10.2. The lowest BCUT2D eigenvalue weighted by atomic mass is 9.98. The SMILES string of the molecule is CCOC(=O)Cc1cc(C)cc(C)c1CCl. The third-order valence-corrected chi connectivity index (χ3v) is 2.75. The first-order valence-electron chi connectivity index (χ1n) is 5.39. The number of esters is 1. The van der Waals surface area contributed by atoms with Crippen molar-refractivity contribution in [3.05, 3.63) is 34.4 Å². The Bertz CT molecular complexity index is 386. The summed E-state index contributed by atoms with van der Waals surface area (Å²) in [6.45, 7) is 6.25. The smallest absolute Gasteiger partial charge is 0.310 e. The van der Waals surface area contributed by atoms with Crippen molar-refractivity contribution < 1.29 is 9.53 Å². The monoisotopic (exact) mass is 240 g/mol. The topological polar surface area (TPSA) is 26.3 Å². The average molecular weight is 241 g/mol. The molecule has 0 atom stereocenters. The highest BCUT2D eigenvalue weighted by Gasteiger charge is 2.10. The van der Waals surface area contributed by atoms with Crippen LogP contribution in [0.3, 0.4) is 0 Å². The van der Waals surface area contributed by atoms with Gasteiger partial charge in [0.25, 0.3) is 0 Å². The molecule has 1 aromatic rings. The van der Waals surface area contributed by atoms with Gasteiger partial charge in [-0.25, -0.2) is 0 Å². The Labute approximate surface area is 102 Å². The second-order valence-electron chi connectivity index (χ2n) is 3.83. The minimum absolute atomic E-state index is 0.195. The molecule has 88 valence electrons. The molecule has 3 heteroatoms. The molecule has 0 amide bonds. The van der Waals surface area contributed by atoms with Crippen LogP contribution in [0.4, 0.5) is 0 Å². The molecule has 0 aliphatic carbocycles. The summed E-state index contributed by atoms with van der Waals surface area (Å²) in [5.74, 6) is 0.236. The molecule has 0 spiro atoms. The number of halogens is 1. The number of alkyl halides is 1. The molecule has 0 aliphatic heterocycles. The van der Waals surface area contributed by atoms with E-state index in [2.05, 4.69) is 6.07 Å². The van der Waals surface area contributed by atoms with Gasteiger partial charge in [-0.3, -0.25) is 4.79 Å². The molecule has 0 unspecified atom stereocenters. The van der Waals surface area contributed by atoms with Crippen molar-refractivity contribution in [2.45, 2.75) is 33.1 Å². The van der Waals surface area contributed by atoms with E-state index in [9.17, 15) is 4.79 Å². The van der Waals surface area contributed by atoms with Crippen LogP contribution >= 0.6 is 11.6 Å². The summed E-state index contributed by atoms with van der Waals surface area (Å²) in [6.07, 6.45) is 0.304. The van der Waals surface area contributed by atoms with E-state index in [4.69, 9.17) is 16.3 Å². The maximum atomic E-state index is 11.4. The summed E-state index contributed by atoms with van der Waals surface area (Å²) in [7, 11) is 0. The van der Waals surface area contributed by atoms with Gasteiger partial charge in [0.2, 0.25) is 0 Å². The number of rotatable bonds is 4. The predicted octanol–water partition coefficient (Wildman–Crippen LogP) is 3.15. The Hall–Kier alpha value is -1.02. The molecule has 0 N–H and O–H groups in total.